The number of esters is 1. The van der Waals surface area contributed by atoms with Gasteiger partial charge in [0.1, 0.15) is 10.7 Å². The van der Waals surface area contributed by atoms with E-state index in [0.29, 0.717) is 12.2 Å². The summed E-state index contributed by atoms with van der Waals surface area (Å²) in [4.78, 5) is 15.9. The van der Waals surface area contributed by atoms with Crippen LogP contribution in [0.3, 0.4) is 0 Å². The van der Waals surface area contributed by atoms with Crippen LogP contribution in [0, 0.1) is 6.92 Å². The van der Waals surface area contributed by atoms with Gasteiger partial charge in [-0.05, 0) is 19.9 Å². The molecule has 0 aliphatic rings. The first-order chi connectivity index (χ1) is 8.63. The summed E-state index contributed by atoms with van der Waals surface area (Å²) >= 11 is 6.07. The van der Waals surface area contributed by atoms with Crippen LogP contribution >= 0.6 is 11.6 Å². The van der Waals surface area contributed by atoms with Gasteiger partial charge in [0.25, 0.3) is 0 Å². The van der Waals surface area contributed by atoms with Crippen molar-refractivity contribution in [3.05, 3.63) is 40.8 Å². The summed E-state index contributed by atoms with van der Waals surface area (Å²) in [6, 6.07) is 5.08. The number of carbonyl (C=O) groups excluding carboxylic acids is 1. The number of carbonyl (C=O) groups is 1. The normalized spacial score (nSPS) is 10.4. The van der Waals surface area contributed by atoms with Crippen LogP contribution in [-0.4, -0.2) is 20.7 Å². The molecule has 2 aromatic rings. The van der Waals surface area contributed by atoms with Gasteiger partial charge in [-0.3, -0.25) is 4.68 Å². The highest BCUT2D eigenvalue weighted by molar-refractivity contribution is 6.32. The van der Waals surface area contributed by atoms with Crippen LogP contribution in [0.25, 0.3) is 0 Å². The highest BCUT2D eigenvalue weighted by Gasteiger charge is 2.21. The molecule has 18 heavy (non-hydrogen) atoms. The minimum absolute atomic E-state index is 0.238. The Bertz CT molecular complexity index is 566. The van der Waals surface area contributed by atoms with Gasteiger partial charge < -0.3 is 4.74 Å². The summed E-state index contributed by atoms with van der Waals surface area (Å²) in [5.41, 5.74) is 0.826. The summed E-state index contributed by atoms with van der Waals surface area (Å²) < 4.78 is 6.68. The highest BCUT2D eigenvalue weighted by Crippen LogP contribution is 2.21. The molecule has 0 aromatic carbocycles. The lowest BCUT2D eigenvalue weighted by Crippen LogP contribution is -2.10. The maximum absolute atomic E-state index is 12.0. The Morgan fingerprint density at radius 3 is 2.83 bits per heavy atom. The SMILES string of the molecule is CCn1nc(C)c(C(=O)Oc2ccccn2)c1Cl. The van der Waals surface area contributed by atoms with E-state index in [1.807, 2.05) is 6.92 Å². The van der Waals surface area contributed by atoms with Crippen LogP contribution in [0.2, 0.25) is 5.15 Å². The molecule has 0 spiro atoms. The van der Waals surface area contributed by atoms with Crippen molar-refractivity contribution < 1.29 is 9.53 Å². The molecule has 0 saturated heterocycles. The molecular weight excluding hydrogens is 254 g/mol. The van der Waals surface area contributed by atoms with E-state index in [9.17, 15) is 4.79 Å². The van der Waals surface area contributed by atoms with Gasteiger partial charge in [0.2, 0.25) is 5.88 Å². The number of aromatic nitrogens is 3. The topological polar surface area (TPSA) is 57.0 Å². The third-order valence-corrected chi connectivity index (χ3v) is 2.79. The minimum atomic E-state index is -0.545. The largest absolute Gasteiger partial charge is 0.404 e. The zero-order valence-corrected chi connectivity index (χ0v) is 10.8. The van der Waals surface area contributed by atoms with Crippen molar-refractivity contribution in [2.75, 3.05) is 0 Å². The van der Waals surface area contributed by atoms with E-state index in [1.165, 1.54) is 0 Å². The number of hydrogen-bond donors (Lipinski definition) is 0. The zero-order valence-electron chi connectivity index (χ0n) is 10.1. The molecule has 0 N–H and O–H groups in total. The Kier molecular flexibility index (Phi) is 3.62. The Morgan fingerprint density at radius 2 is 2.28 bits per heavy atom. The molecule has 0 atom stereocenters. The van der Waals surface area contributed by atoms with Gasteiger partial charge in [0.05, 0.1) is 5.69 Å². The molecule has 5 nitrogen and oxygen atoms in total. The maximum atomic E-state index is 12.0. The highest BCUT2D eigenvalue weighted by atomic mass is 35.5. The Labute approximate surface area is 109 Å². The van der Waals surface area contributed by atoms with Crippen molar-refractivity contribution in [3.63, 3.8) is 0 Å². The number of rotatable bonds is 3. The molecule has 2 rings (SSSR count). The number of hydrogen-bond acceptors (Lipinski definition) is 4. The van der Waals surface area contributed by atoms with Crippen molar-refractivity contribution in [1.29, 1.82) is 0 Å². The predicted molar refractivity (Wildman–Crippen MR) is 66.8 cm³/mol. The van der Waals surface area contributed by atoms with Gasteiger partial charge in [-0.2, -0.15) is 5.10 Å². The Balaban J connectivity index is 2.27. The molecule has 0 aliphatic heterocycles. The third kappa shape index (κ3) is 2.36. The Hall–Kier alpha value is -1.88. The number of halogens is 1. The van der Waals surface area contributed by atoms with Gasteiger partial charge in [-0.1, -0.05) is 17.7 Å². The van der Waals surface area contributed by atoms with E-state index in [1.54, 1.807) is 36.0 Å². The molecule has 2 heterocycles. The van der Waals surface area contributed by atoms with Crippen LogP contribution < -0.4 is 4.74 Å². The summed E-state index contributed by atoms with van der Waals surface area (Å²) in [6.45, 7) is 4.20. The maximum Gasteiger partial charge on any atom is 0.349 e. The van der Waals surface area contributed by atoms with Crippen molar-refractivity contribution in [2.24, 2.45) is 0 Å². The lowest BCUT2D eigenvalue weighted by atomic mass is 10.3. The van der Waals surface area contributed by atoms with Crippen molar-refractivity contribution in [2.45, 2.75) is 20.4 Å². The molecule has 0 bridgehead atoms. The van der Waals surface area contributed by atoms with Gasteiger partial charge >= 0.3 is 5.97 Å². The van der Waals surface area contributed by atoms with E-state index in [0.717, 1.165) is 0 Å². The number of ether oxygens (including phenoxy) is 1. The second-order valence-corrected chi connectivity index (χ2v) is 3.98. The molecule has 0 fully saturated rings. The lowest BCUT2D eigenvalue weighted by Gasteiger charge is -2.02. The van der Waals surface area contributed by atoms with E-state index in [4.69, 9.17) is 16.3 Å². The van der Waals surface area contributed by atoms with Gasteiger partial charge in [0.15, 0.2) is 0 Å². The first-order valence-corrected chi connectivity index (χ1v) is 5.87. The molecule has 2 aromatic heterocycles. The molecule has 0 radical (unpaired) electrons. The molecule has 0 aliphatic carbocycles. The molecule has 6 heteroatoms. The third-order valence-electron chi connectivity index (χ3n) is 2.40. The Morgan fingerprint density at radius 1 is 1.50 bits per heavy atom. The number of aryl methyl sites for hydroxylation is 2. The van der Waals surface area contributed by atoms with E-state index >= 15 is 0 Å². The van der Waals surface area contributed by atoms with Crippen molar-refractivity contribution in [1.82, 2.24) is 14.8 Å². The van der Waals surface area contributed by atoms with Crippen LogP contribution in [0.4, 0.5) is 0 Å². The van der Waals surface area contributed by atoms with Crippen LogP contribution in [0.5, 0.6) is 5.88 Å². The van der Waals surface area contributed by atoms with Crippen LogP contribution in [0.15, 0.2) is 24.4 Å². The average molecular weight is 266 g/mol. The monoisotopic (exact) mass is 265 g/mol. The van der Waals surface area contributed by atoms with Crippen LogP contribution in [0.1, 0.15) is 23.0 Å². The predicted octanol–water partition coefficient (Wildman–Crippen LogP) is 2.48. The van der Waals surface area contributed by atoms with Gasteiger partial charge in [0, 0.05) is 18.8 Å². The first kappa shape index (κ1) is 12.6. The van der Waals surface area contributed by atoms with E-state index in [-0.39, 0.29) is 16.6 Å². The molecule has 0 saturated carbocycles. The average Bonchev–Trinajstić information content (AvgIpc) is 2.65. The molecule has 0 unspecified atom stereocenters. The number of pyridine rings is 1. The molecule has 0 amide bonds. The van der Waals surface area contributed by atoms with Gasteiger partial charge in [-0.15, -0.1) is 0 Å². The van der Waals surface area contributed by atoms with E-state index in [2.05, 4.69) is 10.1 Å². The second-order valence-electron chi connectivity index (χ2n) is 3.62. The fraction of sp³-hybridized carbons (Fsp3) is 0.250. The van der Waals surface area contributed by atoms with Crippen LogP contribution in [-0.2, 0) is 6.54 Å². The quantitative estimate of drug-likeness (QED) is 0.800. The van der Waals surface area contributed by atoms with Gasteiger partial charge in [-0.25, -0.2) is 9.78 Å². The summed E-state index contributed by atoms with van der Waals surface area (Å²) in [6.07, 6.45) is 1.55. The van der Waals surface area contributed by atoms with Crippen molar-refractivity contribution >= 4 is 17.6 Å². The molecule has 94 valence electrons. The smallest absolute Gasteiger partial charge is 0.349 e. The lowest BCUT2D eigenvalue weighted by molar-refractivity contribution is 0.0727. The number of nitrogens with zero attached hydrogens (tertiary/aromatic N) is 3. The minimum Gasteiger partial charge on any atom is -0.404 e. The standard InChI is InChI=1S/C12H12ClN3O2/c1-3-16-11(13)10(8(2)15-16)12(17)18-9-6-4-5-7-14-9/h4-7H,3H2,1-2H3. The summed E-state index contributed by atoms with van der Waals surface area (Å²) in [5, 5.41) is 4.44. The molecular formula is C12H12ClN3O2. The second kappa shape index (κ2) is 5.18. The zero-order chi connectivity index (χ0) is 13.1. The fourth-order valence-corrected chi connectivity index (χ4v) is 1.92. The van der Waals surface area contributed by atoms with Crippen molar-refractivity contribution in [3.8, 4) is 5.88 Å². The first-order valence-electron chi connectivity index (χ1n) is 5.49. The summed E-state index contributed by atoms with van der Waals surface area (Å²) in [5.74, 6) is -0.307. The summed E-state index contributed by atoms with van der Waals surface area (Å²) in [7, 11) is 0. The fourth-order valence-electron chi connectivity index (χ4n) is 1.55. The van der Waals surface area contributed by atoms with E-state index < -0.39 is 5.97 Å².